The smallest absolute Gasteiger partial charge is 0.0731 e. The van der Waals surface area contributed by atoms with Crippen LogP contribution in [0.1, 0.15) is 50.1 Å². The van der Waals surface area contributed by atoms with Crippen molar-refractivity contribution in [3.63, 3.8) is 0 Å². The Kier molecular flexibility index (Phi) is 8.65. The molecule has 4 aliphatic rings. The molecule has 2 spiro atoms. The molecule has 15 aromatic rings. The zero-order chi connectivity index (χ0) is 53.6. The maximum absolute atomic E-state index is 2.52. The zero-order valence-electron chi connectivity index (χ0n) is 45.0. The maximum Gasteiger partial charge on any atom is 0.0731 e. The number of benzene rings is 15. The number of fused-ring (bicyclic) bond motifs is 32. The molecule has 0 N–H and O–H groups in total. The zero-order valence-corrected chi connectivity index (χ0v) is 45.0. The van der Waals surface area contributed by atoms with E-state index >= 15 is 0 Å². The molecule has 0 radical (unpaired) electrons. The van der Waals surface area contributed by atoms with Crippen LogP contribution in [0, 0.1) is 6.92 Å². The summed E-state index contributed by atoms with van der Waals surface area (Å²) in [5.74, 6) is 0. The normalized spacial score (nSPS) is 14.1. The van der Waals surface area contributed by atoms with Crippen LogP contribution in [0.25, 0.3) is 109 Å². The van der Waals surface area contributed by atoms with Gasteiger partial charge in [-0.25, -0.2) is 0 Å². The molecule has 378 valence electrons. The molecule has 4 aliphatic carbocycles. The highest BCUT2D eigenvalue weighted by Crippen LogP contribution is 2.68. The van der Waals surface area contributed by atoms with E-state index in [-0.39, 0.29) is 0 Å². The number of nitrogens with zero attached hydrogens (tertiary/aromatic N) is 1. The van der Waals surface area contributed by atoms with Crippen molar-refractivity contribution in [1.82, 2.24) is 0 Å². The molecule has 0 aliphatic heterocycles. The number of hydrogen-bond donors (Lipinski definition) is 0. The first-order chi connectivity index (χ1) is 40.6. The van der Waals surface area contributed by atoms with Gasteiger partial charge < -0.3 is 4.90 Å². The van der Waals surface area contributed by atoms with E-state index in [9.17, 15) is 0 Å². The van der Waals surface area contributed by atoms with Crippen molar-refractivity contribution < 1.29 is 0 Å². The summed E-state index contributed by atoms with van der Waals surface area (Å²) in [6.45, 7) is 2.19. The average molecular weight is 1040 g/mol. The van der Waals surface area contributed by atoms with Gasteiger partial charge >= 0.3 is 0 Å². The minimum Gasteiger partial charge on any atom is -0.310 e. The summed E-state index contributed by atoms with van der Waals surface area (Å²) in [7, 11) is 0. The fourth-order valence-corrected chi connectivity index (χ4v) is 16.5. The summed E-state index contributed by atoms with van der Waals surface area (Å²) in [5, 5.41) is 15.2. The molecule has 82 heavy (non-hydrogen) atoms. The van der Waals surface area contributed by atoms with Crippen molar-refractivity contribution in [2.45, 2.75) is 17.8 Å². The van der Waals surface area contributed by atoms with E-state index in [1.807, 2.05) is 0 Å². The van der Waals surface area contributed by atoms with Gasteiger partial charge in [0.05, 0.1) is 10.8 Å². The van der Waals surface area contributed by atoms with Crippen molar-refractivity contribution in [2.75, 3.05) is 4.90 Å². The summed E-state index contributed by atoms with van der Waals surface area (Å²) in [5.41, 5.74) is 25.0. The molecular formula is C81H49N. The van der Waals surface area contributed by atoms with E-state index in [0.717, 1.165) is 17.1 Å². The van der Waals surface area contributed by atoms with E-state index in [1.165, 1.54) is 159 Å². The van der Waals surface area contributed by atoms with E-state index in [0.29, 0.717) is 0 Å². The quantitative estimate of drug-likeness (QED) is 0.159. The molecule has 0 atom stereocenters. The van der Waals surface area contributed by atoms with Gasteiger partial charge in [0.15, 0.2) is 0 Å². The maximum atomic E-state index is 2.52. The predicted molar refractivity (Wildman–Crippen MR) is 343 cm³/mol. The van der Waals surface area contributed by atoms with Crippen molar-refractivity contribution >= 4 is 81.7 Å². The lowest BCUT2D eigenvalue weighted by atomic mass is 9.69. The molecule has 0 heterocycles. The summed E-state index contributed by atoms with van der Waals surface area (Å²) in [4.78, 5) is 2.51. The molecule has 1 nitrogen and oxygen atoms in total. The van der Waals surface area contributed by atoms with Crippen LogP contribution in [0.5, 0.6) is 0 Å². The van der Waals surface area contributed by atoms with Crippen LogP contribution in [0.3, 0.4) is 0 Å². The summed E-state index contributed by atoms with van der Waals surface area (Å²) >= 11 is 0. The van der Waals surface area contributed by atoms with Crippen LogP contribution >= 0.6 is 0 Å². The standard InChI is InChI=1S/C81H49N/c1-48-34-36-53(37-35-48)82(54-38-40-64-66(46-54)56-22-6-8-28-62(56)76-68-42-49-18-2-4-20-51(49)44-74(68)80(78(64)76)70-30-14-10-24-58(70)59-25-11-15-31-71(59)80)55-39-41-65-67(47-55)57-23-7-9-29-63(57)77-69-43-50-19-3-5-21-52(50)45-75(69)81(79(65)77)72-32-16-12-26-60(72)61-27-13-17-33-73(61)81/h2-47H,1H3. The topological polar surface area (TPSA) is 3.24 Å². The van der Waals surface area contributed by atoms with Gasteiger partial charge in [0.1, 0.15) is 0 Å². The van der Waals surface area contributed by atoms with Crippen LogP contribution in [-0.4, -0.2) is 0 Å². The molecule has 15 aromatic carbocycles. The van der Waals surface area contributed by atoms with Crippen LogP contribution in [0.4, 0.5) is 17.1 Å². The summed E-state index contributed by atoms with van der Waals surface area (Å²) < 4.78 is 0. The van der Waals surface area contributed by atoms with Gasteiger partial charge in [-0.1, -0.05) is 224 Å². The molecule has 0 amide bonds. The largest absolute Gasteiger partial charge is 0.310 e. The molecular weight excluding hydrogens is 987 g/mol. The predicted octanol–water partition coefficient (Wildman–Crippen LogP) is 21.1. The highest BCUT2D eigenvalue weighted by Gasteiger charge is 2.55. The van der Waals surface area contributed by atoms with Crippen molar-refractivity contribution in [2.24, 2.45) is 0 Å². The lowest BCUT2D eigenvalue weighted by molar-refractivity contribution is 0.803. The van der Waals surface area contributed by atoms with Gasteiger partial charge in [-0.15, -0.1) is 0 Å². The molecule has 0 aromatic heterocycles. The lowest BCUT2D eigenvalue weighted by Crippen LogP contribution is -2.26. The Bertz CT molecular complexity index is 4960. The van der Waals surface area contributed by atoms with Gasteiger partial charge in [-0.05, 0) is 221 Å². The number of anilines is 3. The Labute approximate surface area is 475 Å². The first-order valence-electron chi connectivity index (χ1n) is 28.9. The van der Waals surface area contributed by atoms with E-state index in [4.69, 9.17) is 0 Å². The number of aryl methyl sites for hydroxylation is 1. The van der Waals surface area contributed by atoms with Gasteiger partial charge in [0, 0.05) is 17.1 Å². The monoisotopic (exact) mass is 1040 g/mol. The Morgan fingerprint density at radius 1 is 0.232 bits per heavy atom. The fraction of sp³-hybridized carbons (Fsp3) is 0.0370. The highest BCUT2D eigenvalue weighted by atomic mass is 15.1. The first kappa shape index (κ1) is 44.5. The summed E-state index contributed by atoms with van der Waals surface area (Å²) in [6, 6.07) is 107. The second-order valence-electron chi connectivity index (χ2n) is 23.4. The Morgan fingerprint density at radius 2 is 0.561 bits per heavy atom. The Balaban J connectivity index is 0.899. The van der Waals surface area contributed by atoms with Gasteiger partial charge in [-0.2, -0.15) is 0 Å². The Hall–Kier alpha value is -10.3. The third-order valence-corrected chi connectivity index (χ3v) is 19.6. The lowest BCUT2D eigenvalue weighted by Gasteiger charge is -2.33. The second-order valence-corrected chi connectivity index (χ2v) is 23.4. The van der Waals surface area contributed by atoms with Crippen molar-refractivity contribution in [1.29, 1.82) is 0 Å². The SMILES string of the molecule is Cc1ccc(N(c2ccc3c4c(c5ccccc5c3c2)-c2cc3ccccc3cc2C42c3ccccc3-c3ccccc32)c2ccc3c4c(c5ccccc5c3c2)-c2cc3ccccc3cc2C42c3ccccc3-c3ccccc32)cc1. The summed E-state index contributed by atoms with van der Waals surface area (Å²) in [6.07, 6.45) is 0. The van der Waals surface area contributed by atoms with Gasteiger partial charge in [0.25, 0.3) is 0 Å². The minimum absolute atomic E-state index is 0.536. The Morgan fingerprint density at radius 3 is 0.963 bits per heavy atom. The number of hydrogen-bond acceptors (Lipinski definition) is 1. The first-order valence-corrected chi connectivity index (χ1v) is 28.9. The van der Waals surface area contributed by atoms with Gasteiger partial charge in [0.2, 0.25) is 0 Å². The average Bonchev–Trinajstić information content (AvgIpc) is 1.78. The van der Waals surface area contributed by atoms with Crippen molar-refractivity contribution in [3.05, 3.63) is 329 Å². The van der Waals surface area contributed by atoms with Crippen LogP contribution in [-0.2, 0) is 10.8 Å². The van der Waals surface area contributed by atoms with Crippen molar-refractivity contribution in [3.8, 4) is 44.5 Å². The van der Waals surface area contributed by atoms with Gasteiger partial charge in [-0.3, -0.25) is 0 Å². The van der Waals surface area contributed by atoms with Crippen LogP contribution in [0.2, 0.25) is 0 Å². The molecule has 1 heteroatoms. The molecule has 0 saturated carbocycles. The van der Waals surface area contributed by atoms with E-state index in [1.54, 1.807) is 0 Å². The molecule has 0 bridgehead atoms. The minimum atomic E-state index is -0.536. The molecule has 0 fully saturated rings. The molecule has 0 saturated heterocycles. The third kappa shape index (κ3) is 5.44. The highest BCUT2D eigenvalue weighted by molar-refractivity contribution is 6.23. The van der Waals surface area contributed by atoms with E-state index in [2.05, 4.69) is 291 Å². The molecule has 0 unspecified atom stereocenters. The number of rotatable bonds is 3. The third-order valence-electron chi connectivity index (χ3n) is 19.6. The molecule has 19 rings (SSSR count). The van der Waals surface area contributed by atoms with E-state index < -0.39 is 10.8 Å². The second kappa shape index (κ2) is 15.9. The van der Waals surface area contributed by atoms with Crippen LogP contribution in [0.15, 0.2) is 279 Å². The fourth-order valence-electron chi connectivity index (χ4n) is 16.5. The van der Waals surface area contributed by atoms with Crippen LogP contribution < -0.4 is 4.90 Å².